The molecule has 0 radical (unpaired) electrons. The number of hydrogen-bond acceptors (Lipinski definition) is 2. The molecule has 0 N–H and O–H groups in total. The molecule has 4 nitrogen and oxygen atoms in total. The largest absolute Gasteiger partial charge is 0.341 e. The van der Waals surface area contributed by atoms with E-state index in [0.717, 1.165) is 16.7 Å². The summed E-state index contributed by atoms with van der Waals surface area (Å²) in [6, 6.07) is 16.8. The van der Waals surface area contributed by atoms with Gasteiger partial charge in [-0.15, -0.1) is 0 Å². The van der Waals surface area contributed by atoms with Crippen molar-refractivity contribution in [2.75, 3.05) is 26.2 Å². The molecule has 0 bridgehead atoms. The number of amides is 2. The molecule has 148 valence electrons. The van der Waals surface area contributed by atoms with Gasteiger partial charge >= 0.3 is 0 Å². The van der Waals surface area contributed by atoms with E-state index in [0.29, 0.717) is 39.0 Å². The summed E-state index contributed by atoms with van der Waals surface area (Å²) in [5, 5.41) is 0. The maximum Gasteiger partial charge on any atom is 0.227 e. The summed E-state index contributed by atoms with van der Waals surface area (Å²) in [5.74, 6) is 0.0831. The molecule has 0 saturated carbocycles. The minimum atomic E-state index is -0.204. The van der Waals surface area contributed by atoms with E-state index < -0.39 is 0 Å². The summed E-state index contributed by atoms with van der Waals surface area (Å²) in [5.41, 5.74) is 4.71. The third-order valence-corrected chi connectivity index (χ3v) is 5.62. The topological polar surface area (TPSA) is 40.6 Å². The Labute approximate surface area is 168 Å². The van der Waals surface area contributed by atoms with Crippen molar-refractivity contribution in [1.29, 1.82) is 0 Å². The number of hydrogen-bond donors (Lipinski definition) is 0. The molecule has 28 heavy (non-hydrogen) atoms. The highest BCUT2D eigenvalue weighted by Crippen LogP contribution is 2.27. The van der Waals surface area contributed by atoms with E-state index in [1.54, 1.807) is 0 Å². The summed E-state index contributed by atoms with van der Waals surface area (Å²) in [4.78, 5) is 29.2. The highest BCUT2D eigenvalue weighted by atomic mass is 16.2. The van der Waals surface area contributed by atoms with Crippen molar-refractivity contribution in [2.24, 2.45) is 5.92 Å². The first-order valence-corrected chi connectivity index (χ1v) is 10.2. The van der Waals surface area contributed by atoms with Crippen molar-refractivity contribution in [3.63, 3.8) is 0 Å². The predicted octanol–water partition coefficient (Wildman–Crippen LogP) is 3.92. The zero-order chi connectivity index (χ0) is 20.1. The number of nitrogens with zero attached hydrogens (tertiary/aromatic N) is 2. The van der Waals surface area contributed by atoms with E-state index in [9.17, 15) is 9.59 Å². The Hall–Kier alpha value is -2.62. The SMILES string of the molecule is CCC(=O)N1CCN(CC)C(=O)[C@H](Cc2ccccc2-c2ccc(C)cc2)C1. The fourth-order valence-corrected chi connectivity index (χ4v) is 3.94. The Bertz CT molecular complexity index is 829. The second kappa shape index (κ2) is 9.05. The van der Waals surface area contributed by atoms with Crippen LogP contribution in [0.3, 0.4) is 0 Å². The fraction of sp³-hybridized carbons (Fsp3) is 0.417. The van der Waals surface area contributed by atoms with Crippen molar-refractivity contribution >= 4 is 11.8 Å². The quantitative estimate of drug-likeness (QED) is 0.791. The van der Waals surface area contributed by atoms with Gasteiger partial charge < -0.3 is 9.80 Å². The Morgan fingerprint density at radius 1 is 1.04 bits per heavy atom. The first-order valence-electron chi connectivity index (χ1n) is 10.2. The Morgan fingerprint density at radius 3 is 2.43 bits per heavy atom. The summed E-state index contributed by atoms with van der Waals surface area (Å²) in [6.45, 7) is 8.41. The van der Waals surface area contributed by atoms with Crippen molar-refractivity contribution in [3.05, 3.63) is 59.7 Å². The molecule has 0 aliphatic carbocycles. The van der Waals surface area contributed by atoms with Crippen molar-refractivity contribution in [3.8, 4) is 11.1 Å². The van der Waals surface area contributed by atoms with E-state index in [1.165, 1.54) is 5.56 Å². The Morgan fingerprint density at radius 2 is 1.75 bits per heavy atom. The highest BCUT2D eigenvalue weighted by molar-refractivity contribution is 5.82. The van der Waals surface area contributed by atoms with Gasteiger partial charge in [0.1, 0.15) is 0 Å². The van der Waals surface area contributed by atoms with Crippen molar-refractivity contribution in [2.45, 2.75) is 33.6 Å². The van der Waals surface area contributed by atoms with E-state index in [1.807, 2.05) is 35.8 Å². The zero-order valence-electron chi connectivity index (χ0n) is 17.1. The first-order chi connectivity index (χ1) is 13.5. The van der Waals surface area contributed by atoms with Crippen LogP contribution in [0.2, 0.25) is 0 Å². The van der Waals surface area contributed by atoms with Gasteiger partial charge in [-0.2, -0.15) is 0 Å². The molecule has 1 aliphatic rings. The van der Waals surface area contributed by atoms with Gasteiger partial charge in [0.2, 0.25) is 11.8 Å². The average molecular weight is 379 g/mol. The van der Waals surface area contributed by atoms with Crippen LogP contribution in [-0.4, -0.2) is 47.8 Å². The lowest BCUT2D eigenvalue weighted by atomic mass is 9.91. The molecular weight excluding hydrogens is 348 g/mol. The summed E-state index contributed by atoms with van der Waals surface area (Å²) in [7, 11) is 0. The molecular formula is C24H30N2O2. The van der Waals surface area contributed by atoms with E-state index in [4.69, 9.17) is 0 Å². The predicted molar refractivity (Wildman–Crippen MR) is 113 cm³/mol. The highest BCUT2D eigenvalue weighted by Gasteiger charge is 2.31. The Kier molecular flexibility index (Phi) is 6.50. The molecule has 1 fully saturated rings. The molecule has 1 saturated heterocycles. The van der Waals surface area contributed by atoms with Crippen LogP contribution in [-0.2, 0) is 16.0 Å². The van der Waals surface area contributed by atoms with Crippen LogP contribution in [0.5, 0.6) is 0 Å². The van der Waals surface area contributed by atoms with Crippen molar-refractivity contribution in [1.82, 2.24) is 9.80 Å². The molecule has 4 heteroatoms. The van der Waals surface area contributed by atoms with Crippen LogP contribution in [0, 0.1) is 12.8 Å². The van der Waals surface area contributed by atoms with Gasteiger partial charge in [0.25, 0.3) is 0 Å². The number of likely N-dealkylation sites (N-methyl/N-ethyl adjacent to an activating group) is 1. The lowest BCUT2D eigenvalue weighted by Crippen LogP contribution is -2.37. The number of aryl methyl sites for hydroxylation is 1. The van der Waals surface area contributed by atoms with Crippen LogP contribution < -0.4 is 0 Å². The maximum absolute atomic E-state index is 13.1. The summed E-state index contributed by atoms with van der Waals surface area (Å²) < 4.78 is 0. The normalized spacial score (nSPS) is 17.5. The van der Waals surface area contributed by atoms with Gasteiger partial charge in [-0.25, -0.2) is 0 Å². The molecule has 3 rings (SSSR count). The van der Waals surface area contributed by atoms with Crippen LogP contribution in [0.15, 0.2) is 48.5 Å². The second-order valence-electron chi connectivity index (χ2n) is 7.54. The van der Waals surface area contributed by atoms with E-state index in [2.05, 4.69) is 43.3 Å². The monoisotopic (exact) mass is 378 g/mol. The van der Waals surface area contributed by atoms with Crippen LogP contribution in [0.25, 0.3) is 11.1 Å². The third-order valence-electron chi connectivity index (χ3n) is 5.62. The molecule has 1 heterocycles. The van der Waals surface area contributed by atoms with Crippen LogP contribution in [0.1, 0.15) is 31.4 Å². The van der Waals surface area contributed by atoms with Gasteiger partial charge in [0, 0.05) is 32.6 Å². The smallest absolute Gasteiger partial charge is 0.227 e. The molecule has 1 atom stereocenters. The van der Waals surface area contributed by atoms with Crippen molar-refractivity contribution < 1.29 is 9.59 Å². The standard InChI is InChI=1S/C24H30N2O2/c1-4-23(27)26-15-14-25(5-2)24(28)21(17-26)16-20-8-6-7-9-22(20)19-12-10-18(3)11-13-19/h6-13,21H,4-5,14-17H2,1-3H3/t21-/m1/s1. The van der Waals surface area contributed by atoms with Gasteiger partial charge in [-0.3, -0.25) is 9.59 Å². The second-order valence-corrected chi connectivity index (χ2v) is 7.54. The summed E-state index contributed by atoms with van der Waals surface area (Å²) in [6.07, 6.45) is 1.12. The van der Waals surface area contributed by atoms with E-state index in [-0.39, 0.29) is 17.7 Å². The number of carbonyl (C=O) groups excluding carboxylic acids is 2. The lowest BCUT2D eigenvalue weighted by Gasteiger charge is -2.24. The molecule has 2 aromatic rings. The van der Waals surface area contributed by atoms with Crippen LogP contribution >= 0.6 is 0 Å². The van der Waals surface area contributed by atoms with Gasteiger partial charge in [-0.05, 0) is 37.0 Å². The lowest BCUT2D eigenvalue weighted by molar-refractivity contribution is -0.134. The average Bonchev–Trinajstić information content (AvgIpc) is 2.87. The van der Waals surface area contributed by atoms with E-state index >= 15 is 0 Å². The minimum Gasteiger partial charge on any atom is -0.341 e. The Balaban J connectivity index is 1.91. The molecule has 2 aromatic carbocycles. The number of carbonyl (C=O) groups is 2. The molecule has 2 amide bonds. The molecule has 0 aromatic heterocycles. The number of benzene rings is 2. The molecule has 1 aliphatic heterocycles. The first kappa shape index (κ1) is 20.1. The zero-order valence-corrected chi connectivity index (χ0v) is 17.1. The van der Waals surface area contributed by atoms with Gasteiger partial charge in [0.05, 0.1) is 5.92 Å². The minimum absolute atomic E-state index is 0.127. The molecule has 0 spiro atoms. The number of rotatable bonds is 5. The van der Waals surface area contributed by atoms with Gasteiger partial charge in [-0.1, -0.05) is 61.0 Å². The fourth-order valence-electron chi connectivity index (χ4n) is 3.94. The summed E-state index contributed by atoms with van der Waals surface area (Å²) >= 11 is 0. The molecule has 0 unspecified atom stereocenters. The van der Waals surface area contributed by atoms with Crippen LogP contribution in [0.4, 0.5) is 0 Å². The third kappa shape index (κ3) is 4.44. The van der Waals surface area contributed by atoms with Gasteiger partial charge in [0.15, 0.2) is 0 Å². The maximum atomic E-state index is 13.1.